The van der Waals surface area contributed by atoms with Crippen molar-refractivity contribution in [3.05, 3.63) is 23.8 Å². The molecule has 1 heterocycles. The first-order chi connectivity index (χ1) is 8.58. The molecule has 0 radical (unpaired) electrons. The lowest BCUT2D eigenvalue weighted by molar-refractivity contribution is -0.136. The summed E-state index contributed by atoms with van der Waals surface area (Å²) in [4.78, 5) is 23.4. The quantitative estimate of drug-likeness (QED) is 0.741. The van der Waals surface area contributed by atoms with E-state index in [4.69, 9.17) is 10.2 Å². The van der Waals surface area contributed by atoms with Crippen LogP contribution in [0, 0.1) is 0 Å². The molecular formula is C12H14N2O4. The van der Waals surface area contributed by atoms with E-state index in [0.29, 0.717) is 13.1 Å². The average molecular weight is 250 g/mol. The van der Waals surface area contributed by atoms with E-state index in [1.165, 1.54) is 6.07 Å². The lowest BCUT2D eigenvalue weighted by atomic mass is 10.1. The smallest absolute Gasteiger partial charge is 0.335 e. The second-order valence-corrected chi connectivity index (χ2v) is 4.09. The third-order valence-corrected chi connectivity index (χ3v) is 2.88. The predicted octanol–water partition coefficient (Wildman–Crippen LogP) is 1.09. The minimum absolute atomic E-state index is 0.0384. The molecule has 1 aromatic rings. The summed E-state index contributed by atoms with van der Waals surface area (Å²) >= 11 is 0. The Labute approximate surface area is 104 Å². The van der Waals surface area contributed by atoms with E-state index in [0.717, 1.165) is 17.9 Å². The maximum absolute atomic E-state index is 10.9. The molecule has 3 N–H and O–H groups in total. The molecule has 0 atom stereocenters. The number of benzene rings is 1. The summed E-state index contributed by atoms with van der Waals surface area (Å²) in [5, 5.41) is 20.8. The largest absolute Gasteiger partial charge is 0.481 e. The van der Waals surface area contributed by atoms with Gasteiger partial charge in [0.2, 0.25) is 0 Å². The lowest BCUT2D eigenvalue weighted by Crippen LogP contribution is -2.35. The highest BCUT2D eigenvalue weighted by molar-refractivity contribution is 5.91. The van der Waals surface area contributed by atoms with Gasteiger partial charge in [-0.15, -0.1) is 0 Å². The van der Waals surface area contributed by atoms with E-state index in [1.807, 2.05) is 4.90 Å². The molecule has 0 aliphatic carbocycles. The van der Waals surface area contributed by atoms with Crippen LogP contribution in [0.3, 0.4) is 0 Å². The zero-order valence-electron chi connectivity index (χ0n) is 9.72. The Bertz CT molecular complexity index is 487. The molecule has 0 amide bonds. The van der Waals surface area contributed by atoms with Gasteiger partial charge in [0.05, 0.1) is 23.4 Å². The van der Waals surface area contributed by atoms with Crippen molar-refractivity contribution in [2.75, 3.05) is 29.9 Å². The summed E-state index contributed by atoms with van der Waals surface area (Å²) in [6.45, 7) is 1.77. The zero-order valence-corrected chi connectivity index (χ0v) is 9.72. The molecule has 0 fully saturated rings. The van der Waals surface area contributed by atoms with E-state index in [-0.39, 0.29) is 12.0 Å². The Morgan fingerprint density at radius 3 is 2.78 bits per heavy atom. The maximum Gasteiger partial charge on any atom is 0.335 e. The van der Waals surface area contributed by atoms with Crippen molar-refractivity contribution >= 4 is 23.3 Å². The molecular weight excluding hydrogens is 236 g/mol. The molecule has 0 unspecified atom stereocenters. The number of carboxylic acid groups (broad SMARTS) is 2. The van der Waals surface area contributed by atoms with Gasteiger partial charge >= 0.3 is 11.9 Å². The third-order valence-electron chi connectivity index (χ3n) is 2.88. The summed E-state index contributed by atoms with van der Waals surface area (Å²) in [5.41, 5.74) is 1.80. The summed E-state index contributed by atoms with van der Waals surface area (Å²) in [6, 6.07) is 4.83. The third kappa shape index (κ3) is 2.53. The molecule has 1 aromatic carbocycles. The van der Waals surface area contributed by atoms with E-state index < -0.39 is 11.9 Å². The van der Waals surface area contributed by atoms with Gasteiger partial charge in [-0.2, -0.15) is 0 Å². The maximum atomic E-state index is 10.9. The number of hydrogen-bond acceptors (Lipinski definition) is 4. The van der Waals surface area contributed by atoms with Gasteiger partial charge in [-0.3, -0.25) is 4.79 Å². The van der Waals surface area contributed by atoms with Crippen LogP contribution in [0.1, 0.15) is 16.8 Å². The number of anilines is 2. The lowest BCUT2D eigenvalue weighted by Gasteiger charge is -2.31. The van der Waals surface area contributed by atoms with Crippen LogP contribution in [0.2, 0.25) is 0 Å². The molecule has 18 heavy (non-hydrogen) atoms. The van der Waals surface area contributed by atoms with Gasteiger partial charge in [-0.25, -0.2) is 4.79 Å². The van der Waals surface area contributed by atoms with Crippen LogP contribution in [0.4, 0.5) is 11.4 Å². The van der Waals surface area contributed by atoms with Crippen LogP contribution < -0.4 is 10.2 Å². The number of aromatic carboxylic acids is 1. The van der Waals surface area contributed by atoms with E-state index in [1.54, 1.807) is 12.1 Å². The van der Waals surface area contributed by atoms with Crippen molar-refractivity contribution in [1.82, 2.24) is 0 Å². The van der Waals surface area contributed by atoms with E-state index >= 15 is 0 Å². The van der Waals surface area contributed by atoms with Crippen molar-refractivity contribution in [2.45, 2.75) is 6.42 Å². The van der Waals surface area contributed by atoms with Gasteiger partial charge in [0, 0.05) is 19.6 Å². The number of nitrogens with one attached hydrogen (secondary N) is 1. The molecule has 0 spiro atoms. The summed E-state index contributed by atoms with van der Waals surface area (Å²) < 4.78 is 0. The molecule has 0 bridgehead atoms. The number of hydrogen-bond donors (Lipinski definition) is 3. The average Bonchev–Trinajstić information content (AvgIpc) is 2.35. The molecule has 2 rings (SSSR count). The van der Waals surface area contributed by atoms with Gasteiger partial charge < -0.3 is 20.4 Å². The van der Waals surface area contributed by atoms with Gasteiger partial charge in [0.1, 0.15) is 0 Å². The van der Waals surface area contributed by atoms with Gasteiger partial charge in [0.15, 0.2) is 0 Å². The van der Waals surface area contributed by atoms with Crippen LogP contribution in [0.15, 0.2) is 18.2 Å². The van der Waals surface area contributed by atoms with Crippen LogP contribution >= 0.6 is 0 Å². The van der Waals surface area contributed by atoms with Gasteiger partial charge in [-0.05, 0) is 18.2 Å². The number of fused-ring (bicyclic) bond motifs is 1. The number of carboxylic acids is 2. The van der Waals surface area contributed by atoms with Crippen molar-refractivity contribution in [2.24, 2.45) is 0 Å². The zero-order chi connectivity index (χ0) is 13.1. The highest BCUT2D eigenvalue weighted by atomic mass is 16.4. The number of rotatable bonds is 4. The summed E-state index contributed by atoms with van der Waals surface area (Å²) in [5.74, 6) is -1.84. The first-order valence-electron chi connectivity index (χ1n) is 5.66. The van der Waals surface area contributed by atoms with Crippen molar-refractivity contribution < 1.29 is 19.8 Å². The molecule has 0 saturated heterocycles. The number of nitrogens with zero attached hydrogens (tertiary/aromatic N) is 1. The Kier molecular flexibility index (Phi) is 3.36. The molecule has 1 aliphatic rings. The second-order valence-electron chi connectivity index (χ2n) is 4.09. The Morgan fingerprint density at radius 2 is 2.11 bits per heavy atom. The Morgan fingerprint density at radius 1 is 1.33 bits per heavy atom. The van der Waals surface area contributed by atoms with E-state index in [2.05, 4.69) is 5.32 Å². The second kappa shape index (κ2) is 4.95. The number of carbonyl (C=O) groups is 2. The highest BCUT2D eigenvalue weighted by Gasteiger charge is 2.18. The minimum Gasteiger partial charge on any atom is -0.481 e. The minimum atomic E-state index is -0.985. The van der Waals surface area contributed by atoms with Crippen molar-refractivity contribution in [1.29, 1.82) is 0 Å². The topological polar surface area (TPSA) is 89.9 Å². The monoisotopic (exact) mass is 250 g/mol. The SMILES string of the molecule is O=C(O)CCN1CCNc2ccc(C(=O)O)cc21. The molecule has 96 valence electrons. The van der Waals surface area contributed by atoms with Crippen LogP contribution in [0.5, 0.6) is 0 Å². The predicted molar refractivity (Wildman–Crippen MR) is 66.4 cm³/mol. The fourth-order valence-corrected chi connectivity index (χ4v) is 1.98. The van der Waals surface area contributed by atoms with Crippen LogP contribution in [-0.4, -0.2) is 41.8 Å². The Balaban J connectivity index is 2.25. The number of aliphatic carboxylic acids is 1. The standard InChI is InChI=1S/C12H14N2O4/c15-11(16)3-5-14-6-4-13-9-2-1-8(12(17)18)7-10(9)14/h1-2,7,13H,3-6H2,(H,15,16)(H,17,18). The Hall–Kier alpha value is -2.24. The highest BCUT2D eigenvalue weighted by Crippen LogP contribution is 2.30. The van der Waals surface area contributed by atoms with Crippen molar-refractivity contribution in [3.8, 4) is 0 Å². The van der Waals surface area contributed by atoms with Gasteiger partial charge in [-0.1, -0.05) is 0 Å². The van der Waals surface area contributed by atoms with Crippen LogP contribution in [-0.2, 0) is 4.79 Å². The normalized spacial score (nSPS) is 13.7. The first-order valence-corrected chi connectivity index (χ1v) is 5.66. The molecule has 6 nitrogen and oxygen atoms in total. The fourth-order valence-electron chi connectivity index (χ4n) is 1.98. The van der Waals surface area contributed by atoms with Gasteiger partial charge in [0.25, 0.3) is 0 Å². The fraction of sp³-hybridized carbons (Fsp3) is 0.333. The summed E-state index contributed by atoms with van der Waals surface area (Å²) in [7, 11) is 0. The first kappa shape index (κ1) is 12.2. The molecule has 0 saturated carbocycles. The van der Waals surface area contributed by atoms with E-state index in [9.17, 15) is 9.59 Å². The molecule has 0 aromatic heterocycles. The molecule has 1 aliphatic heterocycles. The van der Waals surface area contributed by atoms with Crippen LogP contribution in [0.25, 0.3) is 0 Å². The molecule has 6 heteroatoms. The summed E-state index contributed by atoms with van der Waals surface area (Å²) in [6.07, 6.45) is 0.0384. The van der Waals surface area contributed by atoms with Crippen molar-refractivity contribution in [3.63, 3.8) is 0 Å².